The van der Waals surface area contributed by atoms with E-state index in [-0.39, 0.29) is 5.56 Å². The van der Waals surface area contributed by atoms with Crippen molar-refractivity contribution in [3.05, 3.63) is 47.1 Å². The summed E-state index contributed by atoms with van der Waals surface area (Å²) >= 11 is 0. The second-order valence-electron chi connectivity index (χ2n) is 6.32. The molecule has 1 saturated heterocycles. The van der Waals surface area contributed by atoms with Crippen molar-refractivity contribution in [2.24, 2.45) is 0 Å². The number of hydrogen-bond acceptors (Lipinski definition) is 5. The van der Waals surface area contributed by atoms with Crippen LogP contribution in [0.1, 0.15) is 48.5 Å². The molecule has 1 aliphatic carbocycles. The van der Waals surface area contributed by atoms with Crippen LogP contribution in [0.5, 0.6) is 0 Å². The number of aromatic nitrogens is 2. The number of aliphatic hydroxyl groups excluding tert-OH is 1. The van der Waals surface area contributed by atoms with E-state index in [1.54, 1.807) is 0 Å². The van der Waals surface area contributed by atoms with Gasteiger partial charge in [0.15, 0.2) is 5.82 Å². The Labute approximate surface area is 131 Å². The van der Waals surface area contributed by atoms with Gasteiger partial charge in [-0.15, -0.1) is 0 Å². The second-order valence-corrected chi connectivity index (χ2v) is 6.32. The molecule has 2 heterocycles. The van der Waals surface area contributed by atoms with Gasteiger partial charge in [-0.1, -0.05) is 5.16 Å². The molecule has 122 valence electrons. The van der Waals surface area contributed by atoms with Gasteiger partial charge >= 0.3 is 0 Å². The van der Waals surface area contributed by atoms with Gasteiger partial charge in [0.2, 0.25) is 5.89 Å². The lowest BCUT2D eigenvalue weighted by Crippen LogP contribution is -2.25. The van der Waals surface area contributed by atoms with E-state index in [1.165, 1.54) is 6.07 Å². The molecule has 0 radical (unpaired) electrons. The molecule has 1 aromatic heterocycles. The highest BCUT2D eigenvalue weighted by Crippen LogP contribution is 2.39. The molecule has 2 aliphatic rings. The first kappa shape index (κ1) is 14.7. The molecule has 0 spiro atoms. The fraction of sp³-hybridized carbons (Fsp3) is 0.500. The van der Waals surface area contributed by atoms with E-state index in [0.29, 0.717) is 37.1 Å². The van der Waals surface area contributed by atoms with E-state index in [4.69, 9.17) is 4.52 Å². The van der Waals surface area contributed by atoms with Crippen molar-refractivity contribution in [1.82, 2.24) is 15.0 Å². The van der Waals surface area contributed by atoms with Gasteiger partial charge in [0.05, 0.1) is 12.6 Å². The smallest absolute Gasteiger partial charge is 0.229 e. The third kappa shape index (κ3) is 2.98. The predicted octanol–water partition coefficient (Wildman–Crippen LogP) is 2.53. The molecule has 0 unspecified atom stereocenters. The van der Waals surface area contributed by atoms with Crippen molar-refractivity contribution in [3.8, 4) is 0 Å². The summed E-state index contributed by atoms with van der Waals surface area (Å²) < 4.78 is 32.7. The Balaban J connectivity index is 1.56. The summed E-state index contributed by atoms with van der Waals surface area (Å²) in [4.78, 5) is 6.23. The van der Waals surface area contributed by atoms with Gasteiger partial charge in [0.1, 0.15) is 11.6 Å². The van der Waals surface area contributed by atoms with Crippen LogP contribution in [0, 0.1) is 11.6 Å². The molecule has 0 bridgehead atoms. The zero-order chi connectivity index (χ0) is 16.0. The Hall–Kier alpha value is -1.86. The van der Waals surface area contributed by atoms with Gasteiger partial charge in [-0.2, -0.15) is 4.98 Å². The first-order valence-corrected chi connectivity index (χ1v) is 7.79. The molecular weight excluding hydrogens is 304 g/mol. The van der Waals surface area contributed by atoms with Gasteiger partial charge in [-0.25, -0.2) is 8.78 Å². The van der Waals surface area contributed by atoms with Gasteiger partial charge in [-0.3, -0.25) is 4.90 Å². The molecule has 1 N–H and O–H groups in total. The number of rotatable bonds is 4. The highest BCUT2D eigenvalue weighted by molar-refractivity contribution is 5.24. The van der Waals surface area contributed by atoms with E-state index in [1.807, 2.05) is 4.90 Å². The van der Waals surface area contributed by atoms with Crippen LogP contribution in [-0.2, 0) is 6.54 Å². The summed E-state index contributed by atoms with van der Waals surface area (Å²) in [6.45, 7) is 0.710. The number of hydrogen-bond donors (Lipinski definition) is 1. The Morgan fingerprint density at radius 1 is 1.30 bits per heavy atom. The van der Waals surface area contributed by atoms with Crippen LogP contribution in [0.3, 0.4) is 0 Å². The van der Waals surface area contributed by atoms with Crippen LogP contribution in [-0.4, -0.2) is 32.8 Å². The van der Waals surface area contributed by atoms with Crippen LogP contribution >= 0.6 is 0 Å². The standard InChI is InChI=1S/C16H17F2N3O2/c17-10-3-4-13(18)12(5-10)14-6-11(22)7-21(14)8-15-19-16(23-20-15)9-1-2-9/h3-5,9,11,14,22H,1-2,6-8H2/t11-,14+/m0/s1. The highest BCUT2D eigenvalue weighted by atomic mass is 19.1. The monoisotopic (exact) mass is 321 g/mol. The number of benzene rings is 1. The van der Waals surface area contributed by atoms with Gasteiger partial charge < -0.3 is 9.63 Å². The minimum Gasteiger partial charge on any atom is -0.392 e. The maximum absolute atomic E-state index is 14.1. The Kier molecular flexibility index (Phi) is 3.61. The van der Waals surface area contributed by atoms with Crippen LogP contribution in [0.2, 0.25) is 0 Å². The summed E-state index contributed by atoms with van der Waals surface area (Å²) in [6.07, 6.45) is 1.91. The number of aliphatic hydroxyl groups is 1. The minimum absolute atomic E-state index is 0.257. The summed E-state index contributed by atoms with van der Waals surface area (Å²) in [7, 11) is 0. The molecular formula is C16H17F2N3O2. The summed E-state index contributed by atoms with van der Waals surface area (Å²) in [5.74, 6) is 0.577. The lowest BCUT2D eigenvalue weighted by Gasteiger charge is -2.23. The lowest BCUT2D eigenvalue weighted by molar-refractivity contribution is 0.170. The van der Waals surface area contributed by atoms with Gasteiger partial charge in [-0.05, 0) is 37.5 Å². The lowest BCUT2D eigenvalue weighted by atomic mass is 10.0. The van der Waals surface area contributed by atoms with E-state index < -0.39 is 23.8 Å². The maximum Gasteiger partial charge on any atom is 0.229 e. The summed E-state index contributed by atoms with van der Waals surface area (Å²) in [5.41, 5.74) is 0.257. The zero-order valence-electron chi connectivity index (χ0n) is 12.5. The number of likely N-dealkylation sites (tertiary alicyclic amines) is 1. The predicted molar refractivity (Wildman–Crippen MR) is 76.4 cm³/mol. The van der Waals surface area contributed by atoms with Crippen LogP contribution in [0.4, 0.5) is 8.78 Å². The van der Waals surface area contributed by atoms with Crippen molar-refractivity contribution < 1.29 is 18.4 Å². The largest absolute Gasteiger partial charge is 0.392 e. The zero-order valence-corrected chi connectivity index (χ0v) is 12.5. The van der Waals surface area contributed by atoms with Crippen molar-refractivity contribution in [1.29, 1.82) is 0 Å². The van der Waals surface area contributed by atoms with Crippen molar-refractivity contribution in [2.45, 2.75) is 43.9 Å². The van der Waals surface area contributed by atoms with Gasteiger partial charge in [0.25, 0.3) is 0 Å². The molecule has 1 aromatic carbocycles. The number of β-amino-alcohol motifs (C(OH)–C–C–N with tert-alkyl or cyclic N) is 1. The van der Waals surface area contributed by atoms with Gasteiger partial charge in [0, 0.05) is 24.1 Å². The third-order valence-corrected chi connectivity index (χ3v) is 4.45. The normalized spacial score (nSPS) is 25.2. The second kappa shape index (κ2) is 5.65. The molecule has 1 aliphatic heterocycles. The number of nitrogens with zero attached hydrogens (tertiary/aromatic N) is 3. The molecule has 2 aromatic rings. The summed E-state index contributed by atoms with van der Waals surface area (Å²) in [5, 5.41) is 13.9. The SMILES string of the molecule is O[C@H]1C[C@H](c2cc(F)ccc2F)N(Cc2noc(C3CC3)n2)C1. The van der Waals surface area contributed by atoms with Crippen LogP contribution in [0.15, 0.2) is 22.7 Å². The van der Waals surface area contributed by atoms with Crippen LogP contribution in [0.25, 0.3) is 0 Å². The van der Waals surface area contributed by atoms with Crippen molar-refractivity contribution in [2.75, 3.05) is 6.54 Å². The average Bonchev–Trinajstić information content (AvgIpc) is 3.16. The average molecular weight is 321 g/mol. The molecule has 23 heavy (non-hydrogen) atoms. The van der Waals surface area contributed by atoms with E-state index in [0.717, 1.165) is 25.0 Å². The quantitative estimate of drug-likeness (QED) is 0.937. The topological polar surface area (TPSA) is 62.4 Å². The van der Waals surface area contributed by atoms with E-state index in [2.05, 4.69) is 10.1 Å². The fourth-order valence-corrected chi connectivity index (χ4v) is 3.16. The minimum atomic E-state index is -0.586. The molecule has 4 rings (SSSR count). The molecule has 0 amide bonds. The molecule has 2 fully saturated rings. The highest BCUT2D eigenvalue weighted by Gasteiger charge is 2.35. The Bertz CT molecular complexity index is 717. The fourth-order valence-electron chi connectivity index (χ4n) is 3.16. The molecule has 2 atom stereocenters. The molecule has 7 heteroatoms. The maximum atomic E-state index is 14.1. The Morgan fingerprint density at radius 2 is 2.13 bits per heavy atom. The van der Waals surface area contributed by atoms with E-state index in [9.17, 15) is 13.9 Å². The van der Waals surface area contributed by atoms with Crippen molar-refractivity contribution >= 4 is 0 Å². The molecule has 5 nitrogen and oxygen atoms in total. The van der Waals surface area contributed by atoms with Crippen LogP contribution < -0.4 is 0 Å². The third-order valence-electron chi connectivity index (χ3n) is 4.45. The number of halogens is 2. The first-order chi connectivity index (χ1) is 11.1. The first-order valence-electron chi connectivity index (χ1n) is 7.79. The Morgan fingerprint density at radius 3 is 2.91 bits per heavy atom. The summed E-state index contributed by atoms with van der Waals surface area (Å²) in [6, 6.07) is 3.00. The van der Waals surface area contributed by atoms with E-state index >= 15 is 0 Å². The van der Waals surface area contributed by atoms with Crippen molar-refractivity contribution in [3.63, 3.8) is 0 Å². The molecule has 1 saturated carbocycles.